The van der Waals surface area contributed by atoms with E-state index in [9.17, 15) is 4.79 Å². The molecule has 2 heteroatoms. The van der Waals surface area contributed by atoms with E-state index in [-0.39, 0.29) is 0 Å². The second-order valence-corrected chi connectivity index (χ2v) is 5.59. The molecular formula is C16H20O2. The first-order valence-electron chi connectivity index (χ1n) is 6.96. The van der Waals surface area contributed by atoms with E-state index in [1.807, 2.05) is 24.3 Å². The van der Waals surface area contributed by atoms with Gasteiger partial charge in [0.1, 0.15) is 11.5 Å². The molecule has 0 amide bonds. The highest BCUT2D eigenvalue weighted by molar-refractivity contribution is 5.87. The quantitative estimate of drug-likeness (QED) is 0.812. The van der Waals surface area contributed by atoms with Gasteiger partial charge in [-0.25, -0.2) is 0 Å². The van der Waals surface area contributed by atoms with E-state index < -0.39 is 0 Å². The first-order chi connectivity index (χ1) is 8.81. The molecule has 0 heterocycles. The Morgan fingerprint density at radius 1 is 1.22 bits per heavy atom. The summed E-state index contributed by atoms with van der Waals surface area (Å²) in [5, 5.41) is 0. The zero-order valence-corrected chi connectivity index (χ0v) is 10.9. The average Bonchev–Trinajstić information content (AvgIpc) is 3.13. The van der Waals surface area contributed by atoms with Crippen molar-refractivity contribution >= 4 is 5.78 Å². The zero-order valence-electron chi connectivity index (χ0n) is 10.9. The van der Waals surface area contributed by atoms with Gasteiger partial charge in [-0.05, 0) is 30.7 Å². The molecule has 2 unspecified atom stereocenters. The molecule has 3 rings (SSSR count). The number of carbonyl (C=O) groups excluding carboxylic acids is 1. The van der Waals surface area contributed by atoms with Crippen LogP contribution >= 0.6 is 0 Å². The lowest BCUT2D eigenvalue weighted by atomic mass is 10.0. The largest absolute Gasteiger partial charge is 0.496 e. The minimum atomic E-state index is 0.359. The van der Waals surface area contributed by atoms with Gasteiger partial charge in [0.25, 0.3) is 0 Å². The van der Waals surface area contributed by atoms with Gasteiger partial charge in [0.15, 0.2) is 0 Å². The Labute approximate surface area is 108 Å². The van der Waals surface area contributed by atoms with Gasteiger partial charge in [-0.3, -0.25) is 4.79 Å². The summed E-state index contributed by atoms with van der Waals surface area (Å²) in [4.78, 5) is 12.4. The Bertz CT molecular complexity index is 440. The van der Waals surface area contributed by atoms with Crippen LogP contribution in [-0.4, -0.2) is 12.9 Å². The standard InChI is InChI=1S/C16H20O2/c1-18-15-9-5-2-6-11(15)10-14(17)16-12-7-3-4-8-13(12)16/h2,5-6,9,12-13,16H,3-4,7-8,10H2,1H3. The topological polar surface area (TPSA) is 26.3 Å². The molecule has 2 saturated carbocycles. The second kappa shape index (κ2) is 4.75. The van der Waals surface area contributed by atoms with Crippen LogP contribution in [0.15, 0.2) is 24.3 Å². The van der Waals surface area contributed by atoms with Crippen molar-refractivity contribution in [2.45, 2.75) is 32.1 Å². The fraction of sp³-hybridized carbons (Fsp3) is 0.562. The van der Waals surface area contributed by atoms with Crippen LogP contribution < -0.4 is 4.74 Å². The van der Waals surface area contributed by atoms with E-state index in [0.717, 1.165) is 11.3 Å². The maximum atomic E-state index is 12.4. The molecule has 0 radical (unpaired) electrons. The Kier molecular flexibility index (Phi) is 3.11. The van der Waals surface area contributed by atoms with Gasteiger partial charge in [0.05, 0.1) is 7.11 Å². The van der Waals surface area contributed by atoms with Gasteiger partial charge in [0.2, 0.25) is 0 Å². The molecular weight excluding hydrogens is 224 g/mol. The van der Waals surface area contributed by atoms with Crippen LogP contribution in [0.5, 0.6) is 5.75 Å². The first-order valence-corrected chi connectivity index (χ1v) is 6.96. The van der Waals surface area contributed by atoms with Gasteiger partial charge in [-0.2, -0.15) is 0 Å². The highest BCUT2D eigenvalue weighted by Crippen LogP contribution is 2.56. The molecule has 0 saturated heterocycles. The van der Waals surface area contributed by atoms with Gasteiger partial charge in [0, 0.05) is 17.9 Å². The number of methoxy groups -OCH3 is 1. The number of Topliss-reactive ketones (excluding diaryl/α,β-unsaturated/α-hetero) is 1. The molecule has 0 aromatic heterocycles. The molecule has 0 aliphatic heterocycles. The van der Waals surface area contributed by atoms with Crippen LogP contribution in [0.25, 0.3) is 0 Å². The number of rotatable bonds is 4. The number of hydrogen-bond acceptors (Lipinski definition) is 2. The third-order valence-corrected chi connectivity index (χ3v) is 4.59. The molecule has 2 nitrogen and oxygen atoms in total. The van der Waals surface area contributed by atoms with Crippen molar-refractivity contribution in [2.24, 2.45) is 17.8 Å². The lowest BCUT2D eigenvalue weighted by Gasteiger charge is -2.07. The molecule has 2 aliphatic rings. The van der Waals surface area contributed by atoms with E-state index in [0.29, 0.717) is 30.0 Å². The highest BCUT2D eigenvalue weighted by atomic mass is 16.5. The molecule has 2 fully saturated rings. The van der Waals surface area contributed by atoms with Crippen molar-refractivity contribution in [3.63, 3.8) is 0 Å². The number of benzene rings is 1. The van der Waals surface area contributed by atoms with Crippen molar-refractivity contribution in [2.75, 3.05) is 7.11 Å². The van der Waals surface area contributed by atoms with Crippen molar-refractivity contribution in [1.29, 1.82) is 0 Å². The summed E-state index contributed by atoms with van der Waals surface area (Å²) in [6, 6.07) is 7.86. The Balaban J connectivity index is 1.68. The summed E-state index contributed by atoms with van der Waals surface area (Å²) in [6.45, 7) is 0. The third-order valence-electron chi connectivity index (χ3n) is 4.59. The zero-order chi connectivity index (χ0) is 12.5. The number of ketones is 1. The van der Waals surface area contributed by atoms with Crippen LogP contribution in [0.1, 0.15) is 31.2 Å². The number of fused-ring (bicyclic) bond motifs is 1. The molecule has 1 aromatic carbocycles. The molecule has 0 N–H and O–H groups in total. The van der Waals surface area contributed by atoms with Crippen molar-refractivity contribution in [1.82, 2.24) is 0 Å². The lowest BCUT2D eigenvalue weighted by molar-refractivity contribution is -0.120. The molecule has 2 aliphatic carbocycles. The van der Waals surface area contributed by atoms with E-state index >= 15 is 0 Å². The Hall–Kier alpha value is -1.31. The minimum Gasteiger partial charge on any atom is -0.496 e. The van der Waals surface area contributed by atoms with E-state index in [4.69, 9.17) is 4.74 Å². The average molecular weight is 244 g/mol. The van der Waals surface area contributed by atoms with E-state index in [2.05, 4.69) is 0 Å². The van der Waals surface area contributed by atoms with Crippen LogP contribution in [0.3, 0.4) is 0 Å². The number of hydrogen-bond donors (Lipinski definition) is 0. The summed E-state index contributed by atoms with van der Waals surface area (Å²) >= 11 is 0. The van der Waals surface area contributed by atoms with Gasteiger partial charge in [-0.1, -0.05) is 31.0 Å². The van der Waals surface area contributed by atoms with E-state index in [1.54, 1.807) is 7.11 Å². The predicted molar refractivity (Wildman–Crippen MR) is 70.6 cm³/mol. The van der Waals surface area contributed by atoms with Gasteiger partial charge >= 0.3 is 0 Å². The van der Waals surface area contributed by atoms with Gasteiger partial charge < -0.3 is 4.74 Å². The van der Waals surface area contributed by atoms with Crippen LogP contribution in [0.4, 0.5) is 0 Å². The smallest absolute Gasteiger partial charge is 0.141 e. The first kappa shape index (κ1) is 11.8. The summed E-state index contributed by atoms with van der Waals surface area (Å²) in [7, 11) is 1.67. The summed E-state index contributed by atoms with van der Waals surface area (Å²) < 4.78 is 5.31. The third kappa shape index (κ3) is 2.05. The number of para-hydroxylation sites is 1. The van der Waals surface area contributed by atoms with Crippen molar-refractivity contribution < 1.29 is 9.53 Å². The maximum Gasteiger partial charge on any atom is 0.141 e. The summed E-state index contributed by atoms with van der Waals surface area (Å²) in [6.07, 6.45) is 5.72. The van der Waals surface area contributed by atoms with Crippen molar-refractivity contribution in [3.05, 3.63) is 29.8 Å². The molecule has 0 spiro atoms. The Morgan fingerprint density at radius 2 is 1.89 bits per heavy atom. The number of ether oxygens (including phenoxy) is 1. The molecule has 18 heavy (non-hydrogen) atoms. The van der Waals surface area contributed by atoms with Crippen LogP contribution in [0, 0.1) is 17.8 Å². The fourth-order valence-corrected chi connectivity index (χ4v) is 3.62. The molecule has 1 aromatic rings. The van der Waals surface area contributed by atoms with Crippen molar-refractivity contribution in [3.8, 4) is 5.75 Å². The second-order valence-electron chi connectivity index (χ2n) is 5.59. The number of carbonyl (C=O) groups is 1. The van der Waals surface area contributed by atoms with Crippen LogP contribution in [-0.2, 0) is 11.2 Å². The molecule has 0 bridgehead atoms. The normalized spacial score (nSPS) is 29.5. The SMILES string of the molecule is COc1ccccc1CC(=O)C1C2CCCCC21. The maximum absolute atomic E-state index is 12.4. The Morgan fingerprint density at radius 3 is 2.56 bits per heavy atom. The molecule has 2 atom stereocenters. The summed E-state index contributed by atoms with van der Waals surface area (Å²) in [5.74, 6) is 3.05. The predicted octanol–water partition coefficient (Wildman–Crippen LogP) is 3.24. The minimum absolute atomic E-state index is 0.359. The highest BCUT2D eigenvalue weighted by Gasteiger charge is 2.53. The van der Waals surface area contributed by atoms with E-state index in [1.165, 1.54) is 25.7 Å². The fourth-order valence-electron chi connectivity index (χ4n) is 3.62. The lowest BCUT2D eigenvalue weighted by Crippen LogP contribution is -2.08. The summed E-state index contributed by atoms with van der Waals surface area (Å²) in [5.41, 5.74) is 1.04. The van der Waals surface area contributed by atoms with Crippen LogP contribution in [0.2, 0.25) is 0 Å². The van der Waals surface area contributed by atoms with Gasteiger partial charge in [-0.15, -0.1) is 0 Å². The monoisotopic (exact) mass is 244 g/mol. The molecule has 96 valence electrons.